The van der Waals surface area contributed by atoms with Gasteiger partial charge in [0.25, 0.3) is 0 Å². The molecule has 6 heteroatoms. The molecule has 130 valence electrons. The minimum atomic E-state index is -4.19. The van der Waals surface area contributed by atoms with Crippen molar-refractivity contribution in [1.82, 2.24) is 0 Å². The number of aryl methyl sites for hydroxylation is 2. The molecule has 0 amide bonds. The van der Waals surface area contributed by atoms with Crippen molar-refractivity contribution < 1.29 is 33.3 Å². The van der Waals surface area contributed by atoms with Gasteiger partial charge >= 0.3 is 28.9 Å². The minimum absolute atomic E-state index is 1.27. The number of fused-ring (bicyclic) bond motifs is 4. The van der Waals surface area contributed by atoms with Gasteiger partial charge in [-0.1, -0.05) is 30.3 Å². The number of rotatable bonds is 0. The topological polar surface area (TPSA) is 87.9 Å². The Morgan fingerprint density at radius 2 is 1.56 bits per heavy atom. The molecule has 3 N–H and O–H groups in total. The third-order valence-electron chi connectivity index (χ3n) is 4.21. The number of nitrogens with zero attached hydrogens (tertiary/aromatic N) is 1. The Bertz CT molecular complexity index is 1060. The molecule has 4 aromatic rings. The van der Waals surface area contributed by atoms with Gasteiger partial charge in [0.15, 0.2) is 12.4 Å². The van der Waals surface area contributed by atoms with Crippen molar-refractivity contribution in [3.8, 4) is 0 Å². The molecule has 5 nitrogen and oxygen atoms in total. The van der Waals surface area contributed by atoms with Crippen molar-refractivity contribution >= 4 is 27.1 Å². The van der Waals surface area contributed by atoms with Gasteiger partial charge in [-0.15, -0.1) is 0 Å². The summed E-state index contributed by atoms with van der Waals surface area (Å²) in [4.78, 5) is 0. The SMILES string of the molecule is Cc1cc2ccccc2c2c(C)c3cccc[n+]3cc12.[O-][Cl+](O)(O)O. The van der Waals surface area contributed by atoms with E-state index in [1.807, 2.05) is 0 Å². The molecule has 25 heavy (non-hydrogen) atoms. The van der Waals surface area contributed by atoms with Crippen molar-refractivity contribution in [3.05, 3.63) is 72.1 Å². The van der Waals surface area contributed by atoms with Gasteiger partial charge < -0.3 is 0 Å². The fourth-order valence-corrected chi connectivity index (χ4v) is 3.23. The second-order valence-corrected chi connectivity index (χ2v) is 6.75. The van der Waals surface area contributed by atoms with E-state index in [9.17, 15) is 0 Å². The summed E-state index contributed by atoms with van der Waals surface area (Å²) < 4.78 is 32.4. The fourth-order valence-electron chi connectivity index (χ4n) is 3.23. The molecular formula is C19H19ClNO4+. The number of hydrogen-bond donors (Lipinski definition) is 3. The standard InChI is InChI=1S/C19H16N.ClH3O4/c1-13-11-15-7-3-4-8-16(15)19-14(2)18-9-5-6-10-20(18)12-17(13)19;2-1(3,4)5/h3-12H,1-2H3;2-4H/q+1;. The molecule has 2 aromatic heterocycles. The number of aromatic nitrogens is 1. The first-order chi connectivity index (χ1) is 11.8. The summed E-state index contributed by atoms with van der Waals surface area (Å²) in [7, 11) is -4.19. The van der Waals surface area contributed by atoms with Gasteiger partial charge in [-0.05, 0) is 36.2 Å². The average molecular weight is 361 g/mol. The van der Waals surface area contributed by atoms with E-state index >= 15 is 0 Å². The molecule has 0 aliphatic carbocycles. The van der Waals surface area contributed by atoms with Crippen molar-refractivity contribution in [1.29, 1.82) is 0 Å². The molecule has 0 radical (unpaired) electrons. The molecule has 2 heterocycles. The second-order valence-electron chi connectivity index (χ2n) is 5.88. The molecule has 0 unspecified atom stereocenters. The van der Waals surface area contributed by atoms with Gasteiger partial charge in [-0.3, -0.25) is 0 Å². The van der Waals surface area contributed by atoms with E-state index in [2.05, 4.69) is 79.2 Å². The van der Waals surface area contributed by atoms with Crippen LogP contribution in [0.3, 0.4) is 0 Å². The predicted molar refractivity (Wildman–Crippen MR) is 90.7 cm³/mol. The van der Waals surface area contributed by atoms with E-state index < -0.39 is 10.2 Å². The molecule has 0 bridgehead atoms. The quantitative estimate of drug-likeness (QED) is 0.252. The normalized spacial score (nSPS) is 12.2. The van der Waals surface area contributed by atoms with Crippen molar-refractivity contribution in [2.24, 2.45) is 0 Å². The Labute approximate surface area is 146 Å². The zero-order valence-electron chi connectivity index (χ0n) is 13.8. The van der Waals surface area contributed by atoms with Gasteiger partial charge in [0.2, 0.25) is 5.52 Å². The van der Waals surface area contributed by atoms with Crippen molar-refractivity contribution in [2.75, 3.05) is 0 Å². The summed E-state index contributed by atoms with van der Waals surface area (Å²) in [5.74, 6) is 0. The average Bonchev–Trinajstić information content (AvgIpc) is 2.54. The van der Waals surface area contributed by atoms with E-state index in [1.165, 1.54) is 38.2 Å². The molecule has 2 aromatic carbocycles. The third-order valence-corrected chi connectivity index (χ3v) is 4.21. The molecule has 0 saturated carbocycles. The van der Waals surface area contributed by atoms with Crippen LogP contribution in [-0.2, 0) is 0 Å². The van der Waals surface area contributed by atoms with Crippen LogP contribution in [0.2, 0.25) is 0 Å². The van der Waals surface area contributed by atoms with Gasteiger partial charge in [0.1, 0.15) is 0 Å². The molecule has 0 saturated heterocycles. The molecule has 0 fully saturated rings. The summed E-state index contributed by atoms with van der Waals surface area (Å²) in [6.07, 6.45) is 4.37. The Morgan fingerprint density at radius 1 is 0.920 bits per heavy atom. The van der Waals surface area contributed by atoms with Crippen LogP contribution in [-0.4, -0.2) is 14.0 Å². The van der Waals surface area contributed by atoms with Crippen LogP contribution < -0.4 is 9.06 Å². The fraction of sp³-hybridized carbons (Fsp3) is 0.105. The zero-order valence-corrected chi connectivity index (χ0v) is 14.6. The summed E-state index contributed by atoms with van der Waals surface area (Å²) in [6.45, 7) is 4.42. The first-order valence-electron chi connectivity index (χ1n) is 7.63. The van der Waals surface area contributed by atoms with E-state index in [1.54, 1.807) is 0 Å². The number of halogens is 1. The van der Waals surface area contributed by atoms with Crippen molar-refractivity contribution in [2.45, 2.75) is 13.8 Å². The van der Waals surface area contributed by atoms with Crippen LogP contribution >= 0.6 is 0 Å². The van der Waals surface area contributed by atoms with Gasteiger partial charge in [0.05, 0.1) is 5.39 Å². The van der Waals surface area contributed by atoms with Gasteiger partial charge in [-0.25, -0.2) is 0 Å². The van der Waals surface area contributed by atoms with E-state index in [4.69, 9.17) is 18.6 Å². The molecule has 0 spiro atoms. The van der Waals surface area contributed by atoms with E-state index in [-0.39, 0.29) is 0 Å². The Morgan fingerprint density at radius 3 is 2.28 bits per heavy atom. The first kappa shape index (κ1) is 17.5. The number of benzene rings is 2. The predicted octanol–water partition coefficient (Wildman–Crippen LogP) is 1.49. The van der Waals surface area contributed by atoms with Crippen molar-refractivity contribution in [3.63, 3.8) is 0 Å². The molecule has 0 atom stereocenters. The van der Waals surface area contributed by atoms with E-state index in [0.717, 1.165) is 0 Å². The van der Waals surface area contributed by atoms with Crippen LogP contribution in [0.15, 0.2) is 60.9 Å². The molecule has 4 rings (SSSR count). The summed E-state index contributed by atoms with van der Waals surface area (Å²) in [5, 5.41) is 5.38. The Balaban J connectivity index is 0.000000324. The maximum absolute atomic E-state index is 8.83. The van der Waals surface area contributed by atoms with Crippen LogP contribution in [0.1, 0.15) is 11.1 Å². The van der Waals surface area contributed by atoms with E-state index in [0.29, 0.717) is 0 Å². The second kappa shape index (κ2) is 6.55. The summed E-state index contributed by atoms with van der Waals surface area (Å²) in [6, 6.07) is 17.3. The van der Waals surface area contributed by atoms with Gasteiger partial charge in [-0.2, -0.15) is 4.40 Å². The monoisotopic (exact) mass is 360 g/mol. The number of pyridine rings is 2. The first-order valence-corrected chi connectivity index (χ1v) is 8.96. The van der Waals surface area contributed by atoms with Crippen LogP contribution in [0, 0.1) is 24.1 Å². The summed E-state index contributed by atoms with van der Waals surface area (Å²) >= 11 is 0. The Kier molecular flexibility index (Phi) is 4.60. The molecular weight excluding hydrogens is 342 g/mol. The molecule has 0 aliphatic heterocycles. The maximum atomic E-state index is 8.83. The third kappa shape index (κ3) is 3.71. The van der Waals surface area contributed by atoms with Crippen LogP contribution in [0.4, 0.5) is 0 Å². The van der Waals surface area contributed by atoms with Gasteiger partial charge in [0, 0.05) is 23.1 Å². The number of hydrogen-bond acceptors (Lipinski definition) is 4. The summed E-state index contributed by atoms with van der Waals surface area (Å²) in [5.41, 5.74) is 3.96. The molecule has 0 aliphatic rings. The Hall–Kier alpha value is -2.28. The zero-order chi connectivity index (χ0) is 18.2. The van der Waals surface area contributed by atoms with Crippen LogP contribution in [0.25, 0.3) is 27.1 Å². The van der Waals surface area contributed by atoms with Crippen LogP contribution in [0.5, 0.6) is 0 Å².